The molecule has 0 saturated heterocycles. The van der Waals surface area contributed by atoms with Gasteiger partial charge in [0.15, 0.2) is 17.5 Å². The van der Waals surface area contributed by atoms with E-state index in [2.05, 4.69) is 15.6 Å². The summed E-state index contributed by atoms with van der Waals surface area (Å²) in [6.07, 6.45) is 0.829. The number of nitrogens with zero attached hydrogens (tertiary/aromatic N) is 2. The van der Waals surface area contributed by atoms with Crippen molar-refractivity contribution in [1.29, 1.82) is 0 Å². The van der Waals surface area contributed by atoms with E-state index in [1.807, 2.05) is 30.1 Å². The van der Waals surface area contributed by atoms with E-state index in [-0.39, 0.29) is 5.82 Å². The first-order valence-corrected chi connectivity index (χ1v) is 9.73. The molecule has 2 rings (SSSR count). The average molecular weight is 419 g/mol. The summed E-state index contributed by atoms with van der Waals surface area (Å²) in [6.45, 7) is 1.96. The predicted octanol–water partition coefficient (Wildman–Crippen LogP) is 3.04. The first-order valence-electron chi connectivity index (χ1n) is 9.73. The summed E-state index contributed by atoms with van der Waals surface area (Å²) in [7, 11) is 8.36. The molecule has 30 heavy (non-hydrogen) atoms. The first-order chi connectivity index (χ1) is 14.5. The summed E-state index contributed by atoms with van der Waals surface area (Å²) in [4.78, 5) is 6.15. The molecule has 0 aliphatic rings. The molecule has 0 radical (unpaired) electrons. The Morgan fingerprint density at radius 2 is 1.70 bits per heavy atom. The summed E-state index contributed by atoms with van der Waals surface area (Å²) < 4.78 is 30.0. The number of aliphatic imine (C=N–C) groups is 1. The number of ether oxygens (including phenoxy) is 3. The van der Waals surface area contributed by atoms with Crippen molar-refractivity contribution in [3.05, 3.63) is 47.8 Å². The van der Waals surface area contributed by atoms with E-state index in [0.717, 1.165) is 18.5 Å². The number of hydrogen-bond donors (Lipinski definition) is 2. The lowest BCUT2D eigenvalue weighted by molar-refractivity contribution is 0.323. The van der Waals surface area contributed by atoms with Gasteiger partial charge < -0.3 is 29.7 Å². The molecule has 0 spiro atoms. The van der Waals surface area contributed by atoms with Gasteiger partial charge in [0.1, 0.15) is 5.82 Å². The van der Waals surface area contributed by atoms with Crippen LogP contribution in [0.5, 0.6) is 17.2 Å². The molecule has 2 aromatic carbocycles. The summed E-state index contributed by atoms with van der Waals surface area (Å²) in [6, 6.07) is 10.6. The van der Waals surface area contributed by atoms with E-state index in [4.69, 9.17) is 14.2 Å². The molecule has 0 atom stereocenters. The average Bonchev–Trinajstić information content (AvgIpc) is 2.77. The van der Waals surface area contributed by atoms with E-state index in [1.165, 1.54) is 6.07 Å². The van der Waals surface area contributed by atoms with Crippen LogP contribution in [-0.4, -0.2) is 54.5 Å². The van der Waals surface area contributed by atoms with E-state index in [1.54, 1.807) is 40.5 Å². The lowest BCUT2D eigenvalue weighted by Crippen LogP contribution is -2.38. The molecule has 0 aliphatic heterocycles. The number of methoxy groups -OCH3 is 3. The van der Waals surface area contributed by atoms with Crippen LogP contribution in [-0.2, 0) is 6.54 Å². The van der Waals surface area contributed by atoms with Crippen molar-refractivity contribution in [2.75, 3.05) is 53.4 Å². The molecule has 0 unspecified atom stereocenters. The Hall–Kier alpha value is -3.16. The molecule has 0 heterocycles. The minimum absolute atomic E-state index is 0.212. The third-order valence-corrected chi connectivity index (χ3v) is 4.63. The fraction of sp³-hybridized carbons (Fsp3) is 0.409. The van der Waals surface area contributed by atoms with Gasteiger partial charge in [-0.15, -0.1) is 0 Å². The van der Waals surface area contributed by atoms with Gasteiger partial charge in [0.2, 0.25) is 5.75 Å². The van der Waals surface area contributed by atoms with E-state index in [0.29, 0.717) is 42.0 Å². The molecule has 0 amide bonds. The number of para-hydroxylation sites is 1. The molecule has 0 bridgehead atoms. The number of nitrogens with one attached hydrogen (secondary N) is 2. The Morgan fingerprint density at radius 1 is 1.03 bits per heavy atom. The Kier molecular flexibility index (Phi) is 9.05. The quantitative estimate of drug-likeness (QED) is 0.351. The molecule has 8 heteroatoms. The van der Waals surface area contributed by atoms with Gasteiger partial charge >= 0.3 is 0 Å². The first kappa shape index (κ1) is 23.1. The Labute approximate surface area is 177 Å². The third-order valence-electron chi connectivity index (χ3n) is 4.63. The number of benzene rings is 2. The van der Waals surface area contributed by atoms with Gasteiger partial charge in [0.05, 0.1) is 27.0 Å². The number of anilines is 1. The topological polar surface area (TPSA) is 67.4 Å². The zero-order valence-electron chi connectivity index (χ0n) is 18.3. The van der Waals surface area contributed by atoms with E-state index < -0.39 is 0 Å². The van der Waals surface area contributed by atoms with Gasteiger partial charge in [-0.05, 0) is 36.2 Å². The highest BCUT2D eigenvalue weighted by atomic mass is 19.1. The second-order valence-corrected chi connectivity index (χ2v) is 6.61. The van der Waals surface area contributed by atoms with Gasteiger partial charge in [-0.25, -0.2) is 4.39 Å². The van der Waals surface area contributed by atoms with Crippen LogP contribution < -0.4 is 29.7 Å². The van der Waals surface area contributed by atoms with Gasteiger partial charge in [-0.2, -0.15) is 0 Å². The Morgan fingerprint density at radius 3 is 2.27 bits per heavy atom. The largest absolute Gasteiger partial charge is 0.493 e. The molecule has 2 aromatic rings. The van der Waals surface area contributed by atoms with Crippen LogP contribution in [0.2, 0.25) is 0 Å². The fourth-order valence-electron chi connectivity index (χ4n) is 3.05. The zero-order chi connectivity index (χ0) is 21.9. The smallest absolute Gasteiger partial charge is 0.203 e. The normalized spacial score (nSPS) is 11.1. The van der Waals surface area contributed by atoms with Crippen molar-refractivity contribution in [1.82, 2.24) is 10.6 Å². The van der Waals surface area contributed by atoms with Crippen LogP contribution in [0.3, 0.4) is 0 Å². The van der Waals surface area contributed by atoms with Crippen LogP contribution in [0.15, 0.2) is 41.4 Å². The SMILES string of the molecule is CN=C(NCCCN(C)c1ccccc1F)NCc1cc(OC)c(OC)c(OC)c1. The lowest BCUT2D eigenvalue weighted by Gasteiger charge is -2.20. The van der Waals surface area contributed by atoms with Crippen molar-refractivity contribution in [2.45, 2.75) is 13.0 Å². The van der Waals surface area contributed by atoms with Gasteiger partial charge in [0, 0.05) is 33.7 Å². The minimum Gasteiger partial charge on any atom is -0.493 e. The fourth-order valence-corrected chi connectivity index (χ4v) is 3.05. The van der Waals surface area contributed by atoms with Crippen molar-refractivity contribution in [2.24, 2.45) is 4.99 Å². The zero-order valence-corrected chi connectivity index (χ0v) is 18.3. The van der Waals surface area contributed by atoms with E-state index in [9.17, 15) is 4.39 Å². The molecule has 0 aliphatic carbocycles. The molecule has 2 N–H and O–H groups in total. The summed E-state index contributed by atoms with van der Waals surface area (Å²) in [5.74, 6) is 2.24. The second kappa shape index (κ2) is 11.7. The molecule has 0 aromatic heterocycles. The van der Waals surface area contributed by atoms with Crippen LogP contribution in [0, 0.1) is 5.82 Å². The van der Waals surface area contributed by atoms with E-state index >= 15 is 0 Å². The highest BCUT2D eigenvalue weighted by Crippen LogP contribution is 2.38. The molecular weight excluding hydrogens is 387 g/mol. The molecule has 0 fully saturated rings. The van der Waals surface area contributed by atoms with Crippen LogP contribution >= 0.6 is 0 Å². The number of hydrogen-bond acceptors (Lipinski definition) is 5. The predicted molar refractivity (Wildman–Crippen MR) is 119 cm³/mol. The summed E-state index contributed by atoms with van der Waals surface area (Å²) >= 11 is 0. The summed E-state index contributed by atoms with van der Waals surface area (Å²) in [5, 5.41) is 6.54. The lowest BCUT2D eigenvalue weighted by atomic mass is 10.2. The number of halogens is 1. The van der Waals surface area contributed by atoms with Crippen LogP contribution in [0.25, 0.3) is 0 Å². The van der Waals surface area contributed by atoms with Crippen molar-refractivity contribution >= 4 is 11.6 Å². The maximum Gasteiger partial charge on any atom is 0.203 e. The van der Waals surface area contributed by atoms with Crippen LogP contribution in [0.1, 0.15) is 12.0 Å². The maximum atomic E-state index is 13.8. The number of guanidine groups is 1. The molecule has 7 nitrogen and oxygen atoms in total. The third kappa shape index (κ3) is 6.17. The van der Waals surface area contributed by atoms with Crippen molar-refractivity contribution < 1.29 is 18.6 Å². The maximum absolute atomic E-state index is 13.8. The van der Waals surface area contributed by atoms with Crippen LogP contribution in [0.4, 0.5) is 10.1 Å². The monoisotopic (exact) mass is 418 g/mol. The Balaban J connectivity index is 1.85. The molecule has 0 saturated carbocycles. The number of rotatable bonds is 10. The highest BCUT2D eigenvalue weighted by molar-refractivity contribution is 5.79. The van der Waals surface area contributed by atoms with Gasteiger partial charge in [-0.1, -0.05) is 12.1 Å². The molecule has 164 valence electrons. The second-order valence-electron chi connectivity index (χ2n) is 6.61. The van der Waals surface area contributed by atoms with Gasteiger partial charge in [-0.3, -0.25) is 4.99 Å². The van der Waals surface area contributed by atoms with Crippen molar-refractivity contribution in [3.63, 3.8) is 0 Å². The Bertz CT molecular complexity index is 820. The summed E-state index contributed by atoms with van der Waals surface area (Å²) in [5.41, 5.74) is 1.56. The standard InChI is InChI=1S/C22H31FN4O3/c1-24-22(25-11-8-12-27(2)18-10-7-6-9-17(18)23)26-15-16-13-19(28-3)21(30-5)20(14-16)29-4/h6-7,9-10,13-14H,8,11-12,15H2,1-5H3,(H2,24,25,26). The minimum atomic E-state index is -0.212. The van der Waals surface area contributed by atoms with Crippen molar-refractivity contribution in [3.8, 4) is 17.2 Å². The highest BCUT2D eigenvalue weighted by Gasteiger charge is 2.13. The molecular formula is C22H31FN4O3. The van der Waals surface area contributed by atoms with Gasteiger partial charge in [0.25, 0.3) is 0 Å².